The average Bonchev–Trinajstić information content (AvgIpc) is 2.72. The highest BCUT2D eigenvalue weighted by Gasteiger charge is 2.35. The number of ether oxygens (including phenoxy) is 1. The Balaban J connectivity index is 3.80. The topological polar surface area (TPSA) is 124 Å². The molecule has 8 heteroatoms. The molecular weight excluding hydrogens is 430 g/mol. The molecule has 0 saturated heterocycles. The minimum Gasteiger partial charge on any atom is -0.461 e. The third-order valence-electron chi connectivity index (χ3n) is 5.88. The van der Waals surface area contributed by atoms with Gasteiger partial charge < -0.3 is 10.5 Å². The van der Waals surface area contributed by atoms with Gasteiger partial charge in [-0.25, -0.2) is 0 Å². The van der Waals surface area contributed by atoms with Crippen LogP contribution in [0.2, 0.25) is 0 Å². The zero-order valence-electron chi connectivity index (χ0n) is 20.4. The molecule has 0 rings (SSSR count). The Morgan fingerprint density at radius 1 is 0.781 bits per heavy atom. The molecule has 0 aromatic heterocycles. The summed E-state index contributed by atoms with van der Waals surface area (Å²) < 4.78 is 37.1. The molecule has 0 heterocycles. The Bertz CT molecular complexity index is 593. The maximum absolute atomic E-state index is 12.1. The number of primary amides is 1. The Labute approximate surface area is 196 Å². The van der Waals surface area contributed by atoms with Crippen LogP contribution in [0.4, 0.5) is 0 Å². The van der Waals surface area contributed by atoms with Gasteiger partial charge in [0, 0.05) is 0 Å². The van der Waals surface area contributed by atoms with Crippen LogP contribution >= 0.6 is 0 Å². The molecule has 0 radical (unpaired) electrons. The quantitative estimate of drug-likeness (QED) is 0.117. The minimum absolute atomic E-state index is 0.429. The van der Waals surface area contributed by atoms with Gasteiger partial charge in [0.2, 0.25) is 5.91 Å². The van der Waals surface area contributed by atoms with Gasteiger partial charge in [0.05, 0.1) is 6.42 Å². The maximum atomic E-state index is 12.1. The number of esters is 1. The number of carbonyl (C=O) groups is 2. The van der Waals surface area contributed by atoms with Gasteiger partial charge in [0.15, 0.2) is 5.25 Å². The fourth-order valence-electron chi connectivity index (χ4n) is 3.82. The highest BCUT2D eigenvalue weighted by atomic mass is 32.2. The SMILES string of the molecule is CCCCCCCCCCCCCCCCCC(CC)OC(=O)C(CC(N)=O)S(=O)(=O)O. The molecule has 0 aromatic carbocycles. The molecule has 190 valence electrons. The molecule has 0 aromatic rings. The summed E-state index contributed by atoms with van der Waals surface area (Å²) in [6, 6.07) is 0. The highest BCUT2D eigenvalue weighted by Crippen LogP contribution is 2.17. The van der Waals surface area contributed by atoms with Crippen molar-refractivity contribution in [2.75, 3.05) is 0 Å². The normalized spacial score (nSPS) is 13.6. The van der Waals surface area contributed by atoms with E-state index < -0.39 is 39.8 Å². The molecule has 0 aliphatic rings. The van der Waals surface area contributed by atoms with Crippen molar-refractivity contribution in [3.8, 4) is 0 Å². The Morgan fingerprint density at radius 3 is 1.53 bits per heavy atom. The second kappa shape index (κ2) is 19.3. The summed E-state index contributed by atoms with van der Waals surface area (Å²) in [6.07, 6.45) is 19.0. The van der Waals surface area contributed by atoms with Crippen molar-refractivity contribution in [1.82, 2.24) is 0 Å². The van der Waals surface area contributed by atoms with E-state index in [0.29, 0.717) is 12.8 Å². The number of carbonyl (C=O) groups excluding carboxylic acids is 2. The van der Waals surface area contributed by atoms with Crippen LogP contribution in [0, 0.1) is 0 Å². The molecule has 2 unspecified atom stereocenters. The van der Waals surface area contributed by atoms with Gasteiger partial charge in [0.25, 0.3) is 10.1 Å². The van der Waals surface area contributed by atoms with Crippen molar-refractivity contribution in [2.24, 2.45) is 5.73 Å². The summed E-state index contributed by atoms with van der Waals surface area (Å²) in [5.74, 6) is -2.10. The van der Waals surface area contributed by atoms with Crippen LogP contribution in [0.1, 0.15) is 129 Å². The molecule has 0 aliphatic heterocycles. The first-order valence-electron chi connectivity index (χ1n) is 12.7. The van der Waals surface area contributed by atoms with Gasteiger partial charge in [-0.1, -0.05) is 104 Å². The van der Waals surface area contributed by atoms with Crippen molar-refractivity contribution in [1.29, 1.82) is 0 Å². The van der Waals surface area contributed by atoms with Gasteiger partial charge in [-0.15, -0.1) is 0 Å². The van der Waals surface area contributed by atoms with Crippen LogP contribution in [0.3, 0.4) is 0 Å². The minimum atomic E-state index is -4.74. The molecule has 0 fully saturated rings. The summed E-state index contributed by atoms with van der Waals surface area (Å²) >= 11 is 0. The second-order valence-corrected chi connectivity index (χ2v) is 10.5. The Kier molecular flexibility index (Phi) is 18.6. The molecule has 0 aliphatic carbocycles. The van der Waals surface area contributed by atoms with Crippen molar-refractivity contribution in [2.45, 2.75) is 141 Å². The van der Waals surface area contributed by atoms with Crippen LogP contribution < -0.4 is 5.73 Å². The molecule has 1 amide bonds. The first-order valence-corrected chi connectivity index (χ1v) is 14.2. The molecule has 0 saturated carbocycles. The van der Waals surface area contributed by atoms with Crippen LogP contribution in [-0.2, 0) is 24.4 Å². The predicted molar refractivity (Wildman–Crippen MR) is 129 cm³/mol. The summed E-state index contributed by atoms with van der Waals surface area (Å²) in [5.41, 5.74) is 4.97. The largest absolute Gasteiger partial charge is 0.461 e. The molecule has 7 nitrogen and oxygen atoms in total. The summed E-state index contributed by atoms with van der Waals surface area (Å²) in [6.45, 7) is 4.10. The fraction of sp³-hybridized carbons (Fsp3) is 0.917. The lowest BCUT2D eigenvalue weighted by atomic mass is 10.0. The van der Waals surface area contributed by atoms with Crippen molar-refractivity contribution in [3.05, 3.63) is 0 Å². The average molecular weight is 478 g/mol. The van der Waals surface area contributed by atoms with E-state index in [1.165, 1.54) is 77.0 Å². The second-order valence-electron chi connectivity index (χ2n) is 8.88. The van der Waals surface area contributed by atoms with E-state index in [4.69, 9.17) is 15.0 Å². The molecule has 3 N–H and O–H groups in total. The monoisotopic (exact) mass is 477 g/mol. The standard InChI is InChI=1S/C24H47NO6S/c1-3-5-6-7-8-9-10-11-12-13-14-15-16-17-18-19-21(4-2)31-24(27)22(20-23(25)26)32(28,29)30/h21-22H,3-20H2,1-2H3,(H2,25,26)(H,28,29,30). The summed E-state index contributed by atoms with van der Waals surface area (Å²) in [5, 5.41) is -1.95. The third-order valence-corrected chi connectivity index (χ3v) is 6.96. The van der Waals surface area contributed by atoms with E-state index in [-0.39, 0.29) is 0 Å². The molecule has 32 heavy (non-hydrogen) atoms. The van der Waals surface area contributed by atoms with Crippen molar-refractivity contribution < 1.29 is 27.3 Å². The molecule has 0 spiro atoms. The van der Waals surface area contributed by atoms with Gasteiger partial charge in [-0.3, -0.25) is 14.1 Å². The van der Waals surface area contributed by atoms with Crippen LogP contribution in [0.5, 0.6) is 0 Å². The first kappa shape index (κ1) is 30.9. The van der Waals surface area contributed by atoms with E-state index in [9.17, 15) is 18.0 Å². The van der Waals surface area contributed by atoms with Gasteiger partial charge >= 0.3 is 5.97 Å². The number of hydrogen-bond donors (Lipinski definition) is 2. The molecule has 2 atom stereocenters. The van der Waals surface area contributed by atoms with E-state index >= 15 is 0 Å². The van der Waals surface area contributed by atoms with Crippen LogP contribution in [-0.4, -0.2) is 36.2 Å². The summed E-state index contributed by atoms with van der Waals surface area (Å²) in [4.78, 5) is 23.1. The van der Waals surface area contributed by atoms with Crippen molar-refractivity contribution in [3.63, 3.8) is 0 Å². The van der Waals surface area contributed by atoms with Gasteiger partial charge in [-0.05, 0) is 19.3 Å². The van der Waals surface area contributed by atoms with E-state index in [2.05, 4.69) is 6.92 Å². The predicted octanol–water partition coefficient (Wildman–Crippen LogP) is 5.70. The zero-order chi connectivity index (χ0) is 24.2. The number of hydrogen-bond acceptors (Lipinski definition) is 5. The Morgan fingerprint density at radius 2 is 1.19 bits per heavy atom. The number of nitrogens with two attached hydrogens (primary N) is 1. The maximum Gasteiger partial charge on any atom is 0.327 e. The zero-order valence-corrected chi connectivity index (χ0v) is 21.2. The number of rotatable bonds is 22. The number of unbranched alkanes of at least 4 members (excludes halogenated alkanes) is 14. The van der Waals surface area contributed by atoms with Gasteiger partial charge in [0.1, 0.15) is 6.10 Å². The van der Waals surface area contributed by atoms with Gasteiger partial charge in [-0.2, -0.15) is 8.42 Å². The van der Waals surface area contributed by atoms with Crippen LogP contribution in [0.15, 0.2) is 0 Å². The lowest BCUT2D eigenvalue weighted by Crippen LogP contribution is -2.37. The molecular formula is C24H47NO6S. The smallest absolute Gasteiger partial charge is 0.327 e. The van der Waals surface area contributed by atoms with E-state index in [1.54, 1.807) is 0 Å². The fourth-order valence-corrected chi connectivity index (χ4v) is 4.50. The van der Waals surface area contributed by atoms with Crippen molar-refractivity contribution >= 4 is 22.0 Å². The highest BCUT2D eigenvalue weighted by molar-refractivity contribution is 7.87. The number of amides is 1. The lowest BCUT2D eigenvalue weighted by molar-refractivity contribution is -0.150. The van der Waals surface area contributed by atoms with E-state index in [0.717, 1.165) is 19.3 Å². The van der Waals surface area contributed by atoms with E-state index in [1.807, 2.05) is 6.92 Å². The van der Waals surface area contributed by atoms with Crippen LogP contribution in [0.25, 0.3) is 0 Å². The molecule has 0 bridgehead atoms. The summed E-state index contributed by atoms with van der Waals surface area (Å²) in [7, 11) is -4.74. The Hall–Kier alpha value is -1.15. The third kappa shape index (κ3) is 17.4. The lowest BCUT2D eigenvalue weighted by Gasteiger charge is -2.19. The first-order chi connectivity index (χ1) is 15.2.